The maximum atomic E-state index is 12.4. The average Bonchev–Trinajstić information content (AvgIpc) is 2.38. The topological polar surface area (TPSA) is 26.3 Å². The minimum Gasteiger partial charge on any atom is -0.462 e. The van der Waals surface area contributed by atoms with E-state index in [-0.39, 0.29) is 17.5 Å². The van der Waals surface area contributed by atoms with Crippen LogP contribution in [0.15, 0.2) is 0 Å². The molecular weight excluding hydrogens is 248 g/mol. The van der Waals surface area contributed by atoms with E-state index in [1.54, 1.807) is 0 Å². The highest BCUT2D eigenvalue weighted by Gasteiger charge is 2.36. The molecule has 0 heterocycles. The van der Waals surface area contributed by atoms with Gasteiger partial charge in [-0.2, -0.15) is 0 Å². The summed E-state index contributed by atoms with van der Waals surface area (Å²) in [6.07, 6.45) is 7.46. The van der Waals surface area contributed by atoms with Crippen molar-refractivity contribution in [2.24, 2.45) is 16.7 Å². The zero-order valence-electron chi connectivity index (χ0n) is 14.4. The molecule has 2 heteroatoms. The zero-order valence-corrected chi connectivity index (χ0v) is 14.4. The van der Waals surface area contributed by atoms with Crippen LogP contribution in [0.3, 0.4) is 0 Å². The third-order valence-electron chi connectivity index (χ3n) is 5.25. The van der Waals surface area contributed by atoms with Crippen LogP contribution in [0.4, 0.5) is 0 Å². The van der Waals surface area contributed by atoms with Crippen LogP contribution >= 0.6 is 0 Å². The second-order valence-corrected chi connectivity index (χ2v) is 7.91. The van der Waals surface area contributed by atoms with E-state index in [0.717, 1.165) is 38.0 Å². The standard InChI is InChI=1S/C18H34O2/c1-7-13-18(6,8-2)16(19)20-15-11-9-14(10-12-15)17(3,4)5/h14-15H,7-13H2,1-6H3. The van der Waals surface area contributed by atoms with Crippen LogP contribution < -0.4 is 0 Å². The number of carbonyl (C=O) groups is 1. The van der Waals surface area contributed by atoms with E-state index >= 15 is 0 Å². The number of rotatable bonds is 5. The van der Waals surface area contributed by atoms with Crippen LogP contribution in [0, 0.1) is 16.7 Å². The number of carbonyl (C=O) groups excluding carboxylic acids is 1. The summed E-state index contributed by atoms with van der Waals surface area (Å²) in [7, 11) is 0. The van der Waals surface area contributed by atoms with Gasteiger partial charge in [-0.1, -0.05) is 41.0 Å². The maximum Gasteiger partial charge on any atom is 0.312 e. The summed E-state index contributed by atoms with van der Waals surface area (Å²) in [5, 5.41) is 0. The lowest BCUT2D eigenvalue weighted by molar-refractivity contribution is -0.163. The SMILES string of the molecule is CCCC(C)(CC)C(=O)OC1CCC(C(C)(C)C)CC1. The van der Waals surface area contributed by atoms with E-state index < -0.39 is 0 Å². The smallest absolute Gasteiger partial charge is 0.312 e. The van der Waals surface area contributed by atoms with E-state index in [1.165, 1.54) is 12.8 Å². The predicted octanol–water partition coefficient (Wildman–Crippen LogP) is 5.35. The van der Waals surface area contributed by atoms with Gasteiger partial charge in [0, 0.05) is 0 Å². The van der Waals surface area contributed by atoms with Crippen LogP contribution in [0.5, 0.6) is 0 Å². The fraction of sp³-hybridized carbons (Fsp3) is 0.944. The summed E-state index contributed by atoms with van der Waals surface area (Å²) in [5.41, 5.74) is 0.102. The summed E-state index contributed by atoms with van der Waals surface area (Å²) in [6.45, 7) is 13.2. The first-order chi connectivity index (χ1) is 9.23. The Labute approximate surface area is 125 Å². The Morgan fingerprint density at radius 1 is 1.05 bits per heavy atom. The Hall–Kier alpha value is -0.530. The van der Waals surface area contributed by atoms with Gasteiger partial charge in [-0.05, 0) is 56.8 Å². The first-order valence-corrected chi connectivity index (χ1v) is 8.44. The summed E-state index contributed by atoms with van der Waals surface area (Å²) < 4.78 is 5.82. The van der Waals surface area contributed by atoms with Gasteiger partial charge in [0.1, 0.15) is 6.10 Å². The molecule has 0 saturated heterocycles. The van der Waals surface area contributed by atoms with E-state index in [9.17, 15) is 4.79 Å². The van der Waals surface area contributed by atoms with Crippen LogP contribution in [-0.4, -0.2) is 12.1 Å². The highest BCUT2D eigenvalue weighted by atomic mass is 16.5. The van der Waals surface area contributed by atoms with Gasteiger partial charge in [0.05, 0.1) is 5.41 Å². The van der Waals surface area contributed by atoms with Crippen LogP contribution in [0.25, 0.3) is 0 Å². The molecule has 1 aliphatic rings. The van der Waals surface area contributed by atoms with Crippen LogP contribution in [-0.2, 0) is 9.53 Å². The number of hydrogen-bond acceptors (Lipinski definition) is 2. The molecule has 0 N–H and O–H groups in total. The van der Waals surface area contributed by atoms with Crippen LogP contribution in [0.1, 0.15) is 86.5 Å². The van der Waals surface area contributed by atoms with E-state index in [4.69, 9.17) is 4.74 Å². The third kappa shape index (κ3) is 4.49. The Morgan fingerprint density at radius 3 is 2.00 bits per heavy atom. The largest absolute Gasteiger partial charge is 0.462 e. The molecule has 2 nitrogen and oxygen atoms in total. The lowest BCUT2D eigenvalue weighted by atomic mass is 9.72. The van der Waals surface area contributed by atoms with E-state index in [1.807, 2.05) is 0 Å². The summed E-state index contributed by atoms with van der Waals surface area (Å²) in [6, 6.07) is 0. The number of hydrogen-bond donors (Lipinski definition) is 0. The van der Waals surface area contributed by atoms with Gasteiger partial charge < -0.3 is 4.74 Å². The fourth-order valence-corrected chi connectivity index (χ4v) is 3.32. The summed E-state index contributed by atoms with van der Waals surface area (Å²) in [5.74, 6) is 0.798. The quantitative estimate of drug-likeness (QED) is 0.635. The monoisotopic (exact) mass is 282 g/mol. The van der Waals surface area contributed by atoms with Crippen molar-refractivity contribution in [3.63, 3.8) is 0 Å². The number of esters is 1. The summed E-state index contributed by atoms with van der Waals surface area (Å²) in [4.78, 5) is 12.4. The number of ether oxygens (including phenoxy) is 1. The zero-order chi connectivity index (χ0) is 15.4. The molecule has 1 saturated carbocycles. The molecule has 1 rings (SSSR count). The molecule has 0 aliphatic heterocycles. The van der Waals surface area contributed by atoms with Crippen molar-refractivity contribution in [3.05, 3.63) is 0 Å². The lowest BCUT2D eigenvalue weighted by Crippen LogP contribution is -2.35. The molecule has 0 bridgehead atoms. The van der Waals surface area contributed by atoms with E-state index in [0.29, 0.717) is 5.41 Å². The maximum absolute atomic E-state index is 12.4. The van der Waals surface area contributed by atoms with Crippen molar-refractivity contribution in [3.8, 4) is 0 Å². The minimum atomic E-state index is -0.282. The predicted molar refractivity (Wildman–Crippen MR) is 84.6 cm³/mol. The van der Waals surface area contributed by atoms with Gasteiger partial charge in [-0.3, -0.25) is 4.79 Å². The molecule has 0 aromatic carbocycles. The molecule has 0 spiro atoms. The molecule has 0 radical (unpaired) electrons. The van der Waals surface area contributed by atoms with E-state index in [2.05, 4.69) is 41.5 Å². The Bertz CT molecular complexity index is 308. The Morgan fingerprint density at radius 2 is 1.60 bits per heavy atom. The van der Waals surface area contributed by atoms with Crippen molar-refractivity contribution >= 4 is 5.97 Å². The minimum absolute atomic E-state index is 0.0288. The van der Waals surface area contributed by atoms with Gasteiger partial charge in [-0.25, -0.2) is 0 Å². The van der Waals surface area contributed by atoms with Crippen molar-refractivity contribution in [1.29, 1.82) is 0 Å². The molecule has 1 fully saturated rings. The fourth-order valence-electron chi connectivity index (χ4n) is 3.32. The van der Waals surface area contributed by atoms with Gasteiger partial charge in [-0.15, -0.1) is 0 Å². The highest BCUT2D eigenvalue weighted by molar-refractivity contribution is 5.76. The van der Waals surface area contributed by atoms with Gasteiger partial charge >= 0.3 is 5.97 Å². The van der Waals surface area contributed by atoms with Gasteiger partial charge in [0.2, 0.25) is 0 Å². The second-order valence-electron chi connectivity index (χ2n) is 7.91. The lowest BCUT2D eigenvalue weighted by Gasteiger charge is -2.37. The van der Waals surface area contributed by atoms with Crippen molar-refractivity contribution in [2.45, 2.75) is 92.6 Å². The molecule has 20 heavy (non-hydrogen) atoms. The Kier molecular flexibility index (Phi) is 6.09. The van der Waals surface area contributed by atoms with Crippen LogP contribution in [0.2, 0.25) is 0 Å². The van der Waals surface area contributed by atoms with Gasteiger partial charge in [0.15, 0.2) is 0 Å². The second kappa shape index (κ2) is 6.95. The molecule has 0 aromatic rings. The highest BCUT2D eigenvalue weighted by Crippen LogP contribution is 2.39. The normalized spacial score (nSPS) is 26.9. The molecule has 118 valence electrons. The molecule has 1 aliphatic carbocycles. The summed E-state index contributed by atoms with van der Waals surface area (Å²) >= 11 is 0. The van der Waals surface area contributed by atoms with Gasteiger partial charge in [0.25, 0.3) is 0 Å². The first-order valence-electron chi connectivity index (χ1n) is 8.44. The third-order valence-corrected chi connectivity index (χ3v) is 5.25. The van der Waals surface area contributed by atoms with Crippen molar-refractivity contribution in [2.75, 3.05) is 0 Å². The molecule has 1 atom stereocenters. The molecule has 1 unspecified atom stereocenters. The van der Waals surface area contributed by atoms with Crippen molar-refractivity contribution in [1.82, 2.24) is 0 Å². The molecule has 0 aromatic heterocycles. The average molecular weight is 282 g/mol. The van der Waals surface area contributed by atoms with Crippen molar-refractivity contribution < 1.29 is 9.53 Å². The Balaban J connectivity index is 2.49. The first kappa shape index (κ1) is 17.5. The molecule has 0 amide bonds. The molecular formula is C18H34O2.